The number of pyridine rings is 1. The summed E-state index contributed by atoms with van der Waals surface area (Å²) in [6.45, 7) is 5.18. The molecule has 0 aliphatic heterocycles. The van der Waals surface area contributed by atoms with Crippen molar-refractivity contribution in [2.75, 3.05) is 5.32 Å². The lowest BCUT2D eigenvalue weighted by molar-refractivity contribution is 1.09. The number of anilines is 1. The monoisotopic (exact) mass is 257 g/mol. The van der Waals surface area contributed by atoms with Crippen LogP contribution in [-0.2, 0) is 6.54 Å². The summed E-state index contributed by atoms with van der Waals surface area (Å²) in [4.78, 5) is 7.04. The first-order chi connectivity index (χ1) is 8.74. The zero-order valence-corrected chi connectivity index (χ0v) is 11.3. The van der Waals surface area contributed by atoms with Gasteiger partial charge >= 0.3 is 0 Å². The molecular weight excluding hydrogens is 242 g/mol. The molecule has 0 amide bonds. The number of aryl methyl sites for hydroxylation is 2. The molecule has 3 nitrogen and oxygen atoms in total. The molecule has 0 saturated carbocycles. The van der Waals surface area contributed by atoms with Crippen molar-refractivity contribution in [1.29, 1.82) is 0 Å². The van der Waals surface area contributed by atoms with Gasteiger partial charge in [-0.2, -0.15) is 0 Å². The minimum atomic E-state index is 0.858. The van der Waals surface area contributed by atoms with Gasteiger partial charge in [0.05, 0.1) is 6.54 Å². The Bertz CT molecular complexity index is 662. The maximum Gasteiger partial charge on any atom is 0.138 e. The standard InChI is InChI=1S/C14H15N3S/c1-10-8-12(18-11(10)2)9-16-14-5-3-4-13-15-6-7-17(13)14/h3-8,16H,9H2,1-2H3. The third kappa shape index (κ3) is 1.99. The van der Waals surface area contributed by atoms with E-state index in [1.165, 1.54) is 15.3 Å². The third-order valence-electron chi connectivity index (χ3n) is 3.09. The number of hydrogen-bond acceptors (Lipinski definition) is 3. The Morgan fingerprint density at radius 2 is 2.22 bits per heavy atom. The second-order valence-electron chi connectivity index (χ2n) is 4.37. The largest absolute Gasteiger partial charge is 0.366 e. The summed E-state index contributed by atoms with van der Waals surface area (Å²) in [5.41, 5.74) is 2.34. The van der Waals surface area contributed by atoms with Crippen LogP contribution < -0.4 is 5.32 Å². The molecule has 3 heterocycles. The molecule has 92 valence electrons. The minimum Gasteiger partial charge on any atom is -0.366 e. The van der Waals surface area contributed by atoms with Crippen LogP contribution in [0, 0.1) is 13.8 Å². The summed E-state index contributed by atoms with van der Waals surface area (Å²) in [7, 11) is 0. The van der Waals surface area contributed by atoms with E-state index in [9.17, 15) is 0 Å². The van der Waals surface area contributed by atoms with Crippen LogP contribution in [-0.4, -0.2) is 9.38 Å². The van der Waals surface area contributed by atoms with Gasteiger partial charge in [0, 0.05) is 22.1 Å². The Morgan fingerprint density at radius 1 is 1.33 bits per heavy atom. The van der Waals surface area contributed by atoms with Crippen molar-refractivity contribution in [3.8, 4) is 0 Å². The number of fused-ring (bicyclic) bond motifs is 1. The van der Waals surface area contributed by atoms with Gasteiger partial charge in [-0.15, -0.1) is 11.3 Å². The highest BCUT2D eigenvalue weighted by atomic mass is 32.1. The van der Waals surface area contributed by atoms with Crippen LogP contribution in [0.15, 0.2) is 36.7 Å². The van der Waals surface area contributed by atoms with Crippen LogP contribution in [0.4, 0.5) is 5.82 Å². The highest BCUT2D eigenvalue weighted by Gasteiger charge is 2.03. The molecule has 0 fully saturated rings. The van der Waals surface area contributed by atoms with Gasteiger partial charge in [-0.25, -0.2) is 4.98 Å². The molecule has 1 N–H and O–H groups in total. The molecule has 18 heavy (non-hydrogen) atoms. The molecule has 0 radical (unpaired) electrons. The molecule has 0 atom stereocenters. The van der Waals surface area contributed by atoms with Gasteiger partial charge in [0.2, 0.25) is 0 Å². The van der Waals surface area contributed by atoms with Crippen LogP contribution in [0.3, 0.4) is 0 Å². The van der Waals surface area contributed by atoms with Gasteiger partial charge in [0.1, 0.15) is 11.5 Å². The Morgan fingerprint density at radius 3 is 3.00 bits per heavy atom. The van der Waals surface area contributed by atoms with E-state index in [1.807, 2.05) is 35.9 Å². The molecule has 0 spiro atoms. The first-order valence-electron chi connectivity index (χ1n) is 5.96. The maximum atomic E-state index is 4.28. The molecule has 0 bridgehead atoms. The van der Waals surface area contributed by atoms with E-state index in [2.05, 4.69) is 40.7 Å². The Hall–Kier alpha value is -1.81. The van der Waals surface area contributed by atoms with E-state index in [0.29, 0.717) is 0 Å². The number of nitrogens with zero attached hydrogens (tertiary/aromatic N) is 2. The number of aromatic nitrogens is 2. The molecule has 3 rings (SSSR count). The lowest BCUT2D eigenvalue weighted by atomic mass is 10.3. The lowest BCUT2D eigenvalue weighted by Gasteiger charge is -2.07. The van der Waals surface area contributed by atoms with Gasteiger partial charge in [-0.05, 0) is 37.6 Å². The van der Waals surface area contributed by atoms with E-state index in [1.54, 1.807) is 0 Å². The van der Waals surface area contributed by atoms with E-state index < -0.39 is 0 Å². The molecule has 0 aliphatic rings. The highest BCUT2D eigenvalue weighted by molar-refractivity contribution is 7.12. The molecule has 0 unspecified atom stereocenters. The average molecular weight is 257 g/mol. The number of imidazole rings is 1. The summed E-state index contributed by atoms with van der Waals surface area (Å²) in [5.74, 6) is 1.08. The van der Waals surface area contributed by atoms with Gasteiger partial charge in [0.25, 0.3) is 0 Å². The third-order valence-corrected chi connectivity index (χ3v) is 4.24. The van der Waals surface area contributed by atoms with E-state index in [4.69, 9.17) is 0 Å². The van der Waals surface area contributed by atoms with Crippen LogP contribution in [0.2, 0.25) is 0 Å². The number of hydrogen-bond donors (Lipinski definition) is 1. The van der Waals surface area contributed by atoms with Crippen molar-refractivity contribution in [2.24, 2.45) is 0 Å². The van der Waals surface area contributed by atoms with Gasteiger partial charge < -0.3 is 5.32 Å². The fourth-order valence-electron chi connectivity index (χ4n) is 2.01. The van der Waals surface area contributed by atoms with Crippen molar-refractivity contribution in [3.63, 3.8) is 0 Å². The number of rotatable bonds is 3. The van der Waals surface area contributed by atoms with Crippen molar-refractivity contribution in [3.05, 3.63) is 52.0 Å². The predicted octanol–water partition coefficient (Wildman–Crippen LogP) is 3.62. The second kappa shape index (κ2) is 4.46. The molecule has 0 aromatic carbocycles. The van der Waals surface area contributed by atoms with Gasteiger partial charge in [-0.1, -0.05) is 6.07 Å². The number of nitrogens with one attached hydrogen (secondary N) is 1. The molecule has 3 aromatic heterocycles. The minimum absolute atomic E-state index is 0.858. The summed E-state index contributed by atoms with van der Waals surface area (Å²) < 4.78 is 2.06. The topological polar surface area (TPSA) is 29.3 Å². The van der Waals surface area contributed by atoms with E-state index in [0.717, 1.165) is 18.0 Å². The predicted molar refractivity (Wildman–Crippen MR) is 76.3 cm³/mol. The van der Waals surface area contributed by atoms with Crippen LogP contribution in [0.25, 0.3) is 5.65 Å². The Kier molecular flexibility index (Phi) is 2.80. The van der Waals surface area contributed by atoms with Crippen molar-refractivity contribution in [1.82, 2.24) is 9.38 Å². The molecule has 4 heteroatoms. The normalized spacial score (nSPS) is 11.0. The summed E-state index contributed by atoms with van der Waals surface area (Å²) in [6, 6.07) is 8.35. The van der Waals surface area contributed by atoms with Crippen LogP contribution in [0.1, 0.15) is 15.3 Å². The fourth-order valence-corrected chi connectivity index (χ4v) is 3.00. The summed E-state index contributed by atoms with van der Waals surface area (Å²) in [5, 5.41) is 3.46. The van der Waals surface area contributed by atoms with Crippen molar-refractivity contribution < 1.29 is 0 Å². The lowest BCUT2D eigenvalue weighted by Crippen LogP contribution is -2.02. The van der Waals surface area contributed by atoms with Gasteiger partial charge in [-0.3, -0.25) is 4.40 Å². The van der Waals surface area contributed by atoms with E-state index in [-0.39, 0.29) is 0 Å². The van der Waals surface area contributed by atoms with Crippen LogP contribution in [0.5, 0.6) is 0 Å². The zero-order chi connectivity index (χ0) is 12.5. The van der Waals surface area contributed by atoms with Crippen molar-refractivity contribution >= 4 is 22.8 Å². The first-order valence-corrected chi connectivity index (χ1v) is 6.77. The number of thiophene rings is 1. The first kappa shape index (κ1) is 11.3. The van der Waals surface area contributed by atoms with Gasteiger partial charge in [0.15, 0.2) is 0 Å². The summed E-state index contributed by atoms with van der Waals surface area (Å²) >= 11 is 1.85. The summed E-state index contributed by atoms with van der Waals surface area (Å²) in [6.07, 6.45) is 3.79. The van der Waals surface area contributed by atoms with Crippen LogP contribution >= 0.6 is 11.3 Å². The highest BCUT2D eigenvalue weighted by Crippen LogP contribution is 2.21. The Balaban J connectivity index is 1.82. The maximum absolute atomic E-state index is 4.28. The van der Waals surface area contributed by atoms with E-state index >= 15 is 0 Å². The second-order valence-corrected chi connectivity index (χ2v) is 5.71. The smallest absolute Gasteiger partial charge is 0.138 e. The van der Waals surface area contributed by atoms with Crippen molar-refractivity contribution in [2.45, 2.75) is 20.4 Å². The SMILES string of the molecule is Cc1cc(CNc2cccc3nccn23)sc1C. The zero-order valence-electron chi connectivity index (χ0n) is 10.5. The molecule has 3 aromatic rings. The fraction of sp³-hybridized carbons (Fsp3) is 0.214. The average Bonchev–Trinajstić information content (AvgIpc) is 2.94. The quantitative estimate of drug-likeness (QED) is 0.776. The molecule has 0 aliphatic carbocycles. The molecule has 0 saturated heterocycles. The Labute approximate surface area is 110 Å². The molecular formula is C14H15N3S.